The summed E-state index contributed by atoms with van der Waals surface area (Å²) in [5, 5.41) is 14.7. The fourth-order valence-electron chi connectivity index (χ4n) is 4.47. The van der Waals surface area contributed by atoms with Gasteiger partial charge in [-0.2, -0.15) is 10.4 Å². The number of ether oxygens (including phenoxy) is 7. The zero-order valence-electron chi connectivity index (χ0n) is 24.9. The molecule has 2 aromatic heterocycles. The molecule has 2 N–H and O–H groups in total. The molecule has 2 fully saturated rings. The molecule has 2 saturated heterocycles. The van der Waals surface area contributed by atoms with Crippen LogP contribution in [0.3, 0.4) is 0 Å². The molecule has 0 radical (unpaired) electrons. The van der Waals surface area contributed by atoms with Crippen molar-refractivity contribution in [3.8, 4) is 6.07 Å². The molecule has 2 aromatic rings. The van der Waals surface area contributed by atoms with Gasteiger partial charge in [-0.3, -0.25) is 4.52 Å². The third-order valence-electron chi connectivity index (χ3n) is 6.10. The van der Waals surface area contributed by atoms with Crippen molar-refractivity contribution in [3.63, 3.8) is 0 Å². The highest BCUT2D eigenvalue weighted by molar-refractivity contribution is 7.48. The summed E-state index contributed by atoms with van der Waals surface area (Å²) >= 11 is 0. The van der Waals surface area contributed by atoms with Crippen molar-refractivity contribution in [3.05, 3.63) is 24.2 Å². The van der Waals surface area contributed by atoms with Crippen LogP contribution in [-0.4, -0.2) is 83.4 Å². The number of hydrogen-bond acceptors (Lipinski definition) is 17. The van der Waals surface area contributed by atoms with E-state index in [9.17, 15) is 19.4 Å². The van der Waals surface area contributed by atoms with Crippen LogP contribution in [0, 0.1) is 11.3 Å². The highest BCUT2D eigenvalue weighted by atomic mass is 31.2. The smallest absolute Gasteiger partial charge is 0.432 e. The van der Waals surface area contributed by atoms with Crippen LogP contribution in [-0.2, 0) is 56.9 Å². The number of nitrogens with two attached hydrogens (primary N) is 1. The van der Waals surface area contributed by atoms with Crippen LogP contribution in [0.1, 0.15) is 47.2 Å². The van der Waals surface area contributed by atoms with E-state index in [-0.39, 0.29) is 11.5 Å². The third kappa shape index (κ3) is 7.38. The summed E-state index contributed by atoms with van der Waals surface area (Å²) in [4.78, 5) is 27.5. The number of hydrogen-bond donors (Lipinski definition) is 1. The first-order valence-corrected chi connectivity index (χ1v) is 14.9. The van der Waals surface area contributed by atoms with E-state index >= 15 is 0 Å². The predicted molar refractivity (Wildman–Crippen MR) is 144 cm³/mol. The van der Waals surface area contributed by atoms with E-state index in [0.717, 1.165) is 0 Å². The molecular weight excluding hydrogens is 609 g/mol. The summed E-state index contributed by atoms with van der Waals surface area (Å²) < 4.78 is 68.2. The quantitative estimate of drug-likeness (QED) is 0.199. The summed E-state index contributed by atoms with van der Waals surface area (Å²) in [6.45, 7) is 7.31. The number of rotatable bonds is 12. The minimum absolute atomic E-state index is 0.173. The first kappa shape index (κ1) is 33.3. The second-order valence-electron chi connectivity index (χ2n) is 10.5. The van der Waals surface area contributed by atoms with Gasteiger partial charge in [0.05, 0.1) is 24.5 Å². The molecule has 4 atom stereocenters. The maximum Gasteiger partial charge on any atom is 0.510 e. The molecule has 0 aliphatic carbocycles. The summed E-state index contributed by atoms with van der Waals surface area (Å²) in [6.07, 6.45) is -4.99. The molecule has 0 spiro atoms. The van der Waals surface area contributed by atoms with Gasteiger partial charge in [0.25, 0.3) is 0 Å². The van der Waals surface area contributed by atoms with E-state index in [1.807, 2.05) is 0 Å². The van der Waals surface area contributed by atoms with Gasteiger partial charge >= 0.3 is 20.1 Å². The number of carbonyl (C=O) groups excluding carboxylic acids is 2. The molecule has 2 aliphatic rings. The third-order valence-corrected chi connectivity index (χ3v) is 7.41. The molecule has 4 heterocycles. The number of nitrogen functional groups attached to an aromatic ring is 1. The monoisotopic (exact) mass is 643 g/mol. The van der Waals surface area contributed by atoms with Crippen molar-refractivity contribution >= 4 is 31.5 Å². The average Bonchev–Trinajstić information content (AvgIpc) is 3.57. The number of anilines is 1. The molecule has 2 aliphatic heterocycles. The SMILES string of the molecule is CC(C)OC(=O)OCOP(=O)(OCOC(=O)OC(C)C)OC[C@H]1OC(C#N)(c2ccc3c(N)ncnn23)C2OC(C)(C)OC21. The van der Waals surface area contributed by atoms with E-state index in [4.69, 9.17) is 52.5 Å². The summed E-state index contributed by atoms with van der Waals surface area (Å²) in [6, 6.07) is 5.39. The Balaban J connectivity index is 1.54. The van der Waals surface area contributed by atoms with Crippen LogP contribution in [0.2, 0.25) is 0 Å². The van der Waals surface area contributed by atoms with Gasteiger partial charge in [-0.15, -0.1) is 0 Å². The minimum atomic E-state index is -4.64. The molecule has 0 saturated carbocycles. The number of nitriles is 1. The second-order valence-corrected chi connectivity index (χ2v) is 12.2. The van der Waals surface area contributed by atoms with E-state index in [0.29, 0.717) is 5.52 Å². The fourth-order valence-corrected chi connectivity index (χ4v) is 5.39. The molecule has 0 amide bonds. The maximum absolute atomic E-state index is 13.5. The number of nitrogens with zero attached hydrogens (tertiary/aromatic N) is 4. The molecule has 0 bridgehead atoms. The second kappa shape index (κ2) is 13.2. The Hall–Kier alpha value is -3.56. The summed E-state index contributed by atoms with van der Waals surface area (Å²) in [7, 11) is -4.64. The first-order valence-electron chi connectivity index (χ1n) is 13.4. The van der Waals surface area contributed by atoms with Gasteiger partial charge in [-0.25, -0.2) is 32.7 Å². The number of phosphoric acid groups is 1. The normalized spacial score (nSPS) is 24.3. The Kier molecular flexibility index (Phi) is 10.0. The van der Waals surface area contributed by atoms with Gasteiger partial charge in [0.2, 0.25) is 19.2 Å². The van der Waals surface area contributed by atoms with Crippen molar-refractivity contribution in [2.75, 3.05) is 25.9 Å². The lowest BCUT2D eigenvalue weighted by molar-refractivity contribution is -0.204. The number of carbonyl (C=O) groups is 2. The Labute approximate surface area is 252 Å². The highest BCUT2D eigenvalue weighted by Crippen LogP contribution is 2.53. The zero-order valence-corrected chi connectivity index (χ0v) is 25.8. The van der Waals surface area contributed by atoms with Crippen molar-refractivity contribution in [1.82, 2.24) is 14.6 Å². The van der Waals surface area contributed by atoms with Gasteiger partial charge in [0.1, 0.15) is 36.2 Å². The van der Waals surface area contributed by atoms with Gasteiger partial charge in [0, 0.05) is 0 Å². The van der Waals surface area contributed by atoms with E-state index in [1.165, 1.54) is 10.8 Å². The lowest BCUT2D eigenvalue weighted by Gasteiger charge is -2.29. The number of phosphoric ester groups is 1. The largest absolute Gasteiger partial charge is 0.510 e. The molecule has 0 aromatic carbocycles. The Morgan fingerprint density at radius 2 is 1.66 bits per heavy atom. The Morgan fingerprint density at radius 1 is 1.05 bits per heavy atom. The number of aromatic nitrogens is 3. The van der Waals surface area contributed by atoms with E-state index in [2.05, 4.69) is 16.2 Å². The van der Waals surface area contributed by atoms with Crippen LogP contribution in [0.4, 0.5) is 15.4 Å². The summed E-state index contributed by atoms with van der Waals surface area (Å²) in [5.41, 5.74) is 4.88. The fraction of sp³-hybridized carbons (Fsp3) is 0.640. The first-order chi connectivity index (χ1) is 20.7. The molecule has 19 heteroatoms. The van der Waals surface area contributed by atoms with Gasteiger partial charge in [-0.05, 0) is 53.7 Å². The van der Waals surface area contributed by atoms with Gasteiger partial charge in [0.15, 0.2) is 11.6 Å². The van der Waals surface area contributed by atoms with Crippen LogP contribution in [0.25, 0.3) is 5.52 Å². The van der Waals surface area contributed by atoms with E-state index in [1.54, 1.807) is 53.7 Å². The van der Waals surface area contributed by atoms with Gasteiger partial charge in [-0.1, -0.05) is 0 Å². The molecular formula is C25H34N5O13P. The van der Waals surface area contributed by atoms with Crippen molar-refractivity contribution < 1.29 is 60.9 Å². The molecule has 44 heavy (non-hydrogen) atoms. The zero-order chi connectivity index (χ0) is 32.3. The lowest BCUT2D eigenvalue weighted by Crippen LogP contribution is -2.40. The highest BCUT2D eigenvalue weighted by Gasteiger charge is 2.65. The molecule has 3 unspecified atom stereocenters. The molecule has 18 nitrogen and oxygen atoms in total. The molecule has 242 valence electrons. The predicted octanol–water partition coefficient (Wildman–Crippen LogP) is 3.15. The van der Waals surface area contributed by atoms with Crippen molar-refractivity contribution in [2.24, 2.45) is 0 Å². The van der Waals surface area contributed by atoms with Gasteiger partial charge < -0.3 is 38.9 Å². The Morgan fingerprint density at radius 3 is 2.23 bits per heavy atom. The van der Waals surface area contributed by atoms with Crippen LogP contribution in [0.15, 0.2) is 18.5 Å². The van der Waals surface area contributed by atoms with Crippen molar-refractivity contribution in [2.45, 2.75) is 83.5 Å². The van der Waals surface area contributed by atoms with Crippen molar-refractivity contribution in [1.29, 1.82) is 5.26 Å². The van der Waals surface area contributed by atoms with E-state index < -0.39 is 82.2 Å². The average molecular weight is 644 g/mol. The minimum Gasteiger partial charge on any atom is -0.432 e. The summed E-state index contributed by atoms with van der Waals surface area (Å²) in [5.74, 6) is -0.973. The Bertz CT molecular complexity index is 1410. The number of fused-ring (bicyclic) bond motifs is 2. The molecule has 4 rings (SSSR count). The van der Waals surface area contributed by atoms with Crippen LogP contribution in [0.5, 0.6) is 0 Å². The lowest BCUT2D eigenvalue weighted by atomic mass is 9.92. The maximum atomic E-state index is 13.5. The topological polar surface area (TPSA) is 224 Å². The van der Waals surface area contributed by atoms with Crippen LogP contribution >= 0.6 is 7.82 Å². The standard InChI is InChI=1S/C25H34N5O13P/c1-14(2)39-22(31)34-12-37-44(33,38-13-35-23(32)40-15(3)4)36-9-17-19-20(43-24(5,6)42-19)25(10-26,41-17)18-8-7-16-21(27)28-11-29-30(16)18/h7-8,11,14-15,17,19-20H,9,12-13H2,1-6H3,(H2,27,28,29)/t17-,19?,20?,25?/m1/s1. The van der Waals surface area contributed by atoms with Crippen LogP contribution < -0.4 is 5.73 Å².